The molecule has 2 heterocycles. The molecule has 0 amide bonds. The monoisotopic (exact) mass is 264 g/mol. The van der Waals surface area contributed by atoms with Crippen molar-refractivity contribution in [1.29, 1.82) is 0 Å². The summed E-state index contributed by atoms with van der Waals surface area (Å²) in [7, 11) is 0. The highest BCUT2D eigenvalue weighted by Gasteiger charge is 2.20. The fourth-order valence-corrected chi connectivity index (χ4v) is 2.41. The average Bonchev–Trinajstić information content (AvgIpc) is 2.81. The largest absolute Gasteiger partial charge is 0.481 e. The Balaban J connectivity index is 2.49. The molecule has 0 radical (unpaired) electrons. The summed E-state index contributed by atoms with van der Waals surface area (Å²) in [4.78, 5) is 11.9. The number of nitrogens with zero attached hydrogens (tertiary/aromatic N) is 2. The second-order valence-corrected chi connectivity index (χ2v) is 6.11. The molecule has 0 fully saturated rings. The maximum Gasteiger partial charge on any atom is 0.307 e. The van der Waals surface area contributed by atoms with Gasteiger partial charge in [0.25, 0.3) is 0 Å². The van der Waals surface area contributed by atoms with E-state index < -0.39 is 5.97 Å². The number of aromatic nitrogens is 2. The van der Waals surface area contributed by atoms with Gasteiger partial charge < -0.3 is 5.11 Å². The van der Waals surface area contributed by atoms with E-state index in [4.69, 9.17) is 5.11 Å². The van der Waals surface area contributed by atoms with Gasteiger partial charge in [-0.3, -0.25) is 9.48 Å². The fourth-order valence-electron chi connectivity index (χ4n) is 1.67. The summed E-state index contributed by atoms with van der Waals surface area (Å²) >= 11 is 1.57. The summed E-state index contributed by atoms with van der Waals surface area (Å²) in [5.41, 5.74) is 1.39. The fraction of sp³-hybridized carbons (Fsp3) is 0.385. The van der Waals surface area contributed by atoms with Crippen LogP contribution in [0.4, 0.5) is 0 Å². The maximum atomic E-state index is 10.9. The van der Waals surface area contributed by atoms with Crippen LogP contribution in [0.5, 0.6) is 0 Å². The normalized spacial score (nSPS) is 11.7. The third-order valence-corrected chi connectivity index (χ3v) is 3.45. The molecule has 0 bridgehead atoms. The molecule has 96 valence electrons. The molecular formula is C13H16N2O2S. The summed E-state index contributed by atoms with van der Waals surface area (Å²) < 4.78 is 1.83. The Hall–Kier alpha value is -1.62. The van der Waals surface area contributed by atoms with Crippen LogP contribution in [-0.2, 0) is 16.8 Å². The van der Waals surface area contributed by atoms with Crippen LogP contribution in [0.3, 0.4) is 0 Å². The summed E-state index contributed by atoms with van der Waals surface area (Å²) in [6, 6.07) is 3.91. The Morgan fingerprint density at radius 2 is 2.22 bits per heavy atom. The molecule has 2 aromatic heterocycles. The van der Waals surface area contributed by atoms with Gasteiger partial charge in [0.05, 0.1) is 16.8 Å². The van der Waals surface area contributed by atoms with Gasteiger partial charge in [-0.15, -0.1) is 11.3 Å². The van der Waals surface area contributed by atoms with Gasteiger partial charge in [0, 0.05) is 11.8 Å². The van der Waals surface area contributed by atoms with E-state index in [1.807, 2.05) is 49.2 Å². The molecule has 0 aromatic carbocycles. The molecule has 2 aromatic rings. The van der Waals surface area contributed by atoms with Gasteiger partial charge in [-0.05, 0) is 32.2 Å². The van der Waals surface area contributed by atoms with Crippen molar-refractivity contribution in [3.05, 3.63) is 29.3 Å². The van der Waals surface area contributed by atoms with Crippen molar-refractivity contribution in [1.82, 2.24) is 9.78 Å². The third-order valence-electron chi connectivity index (χ3n) is 2.57. The van der Waals surface area contributed by atoms with Gasteiger partial charge >= 0.3 is 5.97 Å². The minimum atomic E-state index is -0.832. The highest BCUT2D eigenvalue weighted by Crippen LogP contribution is 2.29. The molecule has 0 saturated carbocycles. The van der Waals surface area contributed by atoms with E-state index in [1.165, 1.54) is 0 Å². The van der Waals surface area contributed by atoms with Crippen LogP contribution >= 0.6 is 11.3 Å². The molecule has 0 unspecified atom stereocenters. The van der Waals surface area contributed by atoms with Crippen molar-refractivity contribution in [2.45, 2.75) is 32.7 Å². The predicted molar refractivity (Wildman–Crippen MR) is 71.9 cm³/mol. The van der Waals surface area contributed by atoms with Gasteiger partial charge in [0.15, 0.2) is 0 Å². The van der Waals surface area contributed by atoms with Crippen LogP contribution in [0.2, 0.25) is 0 Å². The molecule has 0 aliphatic rings. The first-order chi connectivity index (χ1) is 8.38. The zero-order valence-corrected chi connectivity index (χ0v) is 11.5. The minimum absolute atomic E-state index is 0.00329. The van der Waals surface area contributed by atoms with Crippen LogP contribution in [0.25, 0.3) is 10.6 Å². The Labute approximate surface area is 110 Å². The van der Waals surface area contributed by atoms with Crippen molar-refractivity contribution in [3.8, 4) is 10.6 Å². The number of rotatable bonds is 3. The van der Waals surface area contributed by atoms with Crippen LogP contribution in [0.15, 0.2) is 23.7 Å². The van der Waals surface area contributed by atoms with Crippen molar-refractivity contribution < 1.29 is 9.90 Å². The lowest BCUT2D eigenvalue weighted by molar-refractivity contribution is -0.136. The van der Waals surface area contributed by atoms with E-state index in [1.54, 1.807) is 11.3 Å². The standard InChI is InChI=1S/C13H16N2O2S/c1-13(2,3)15-8-9(7-11(16)17)12(14-15)10-5-4-6-18-10/h4-6,8H,7H2,1-3H3,(H,16,17). The van der Waals surface area contributed by atoms with Crippen molar-refractivity contribution >= 4 is 17.3 Å². The molecule has 5 heteroatoms. The second-order valence-electron chi connectivity index (χ2n) is 5.17. The highest BCUT2D eigenvalue weighted by molar-refractivity contribution is 7.13. The first-order valence-electron chi connectivity index (χ1n) is 5.72. The zero-order chi connectivity index (χ0) is 13.3. The number of carboxylic acid groups (broad SMARTS) is 1. The topological polar surface area (TPSA) is 55.1 Å². The quantitative estimate of drug-likeness (QED) is 0.927. The van der Waals surface area contributed by atoms with Gasteiger partial charge in [0.1, 0.15) is 5.69 Å². The molecule has 4 nitrogen and oxygen atoms in total. The van der Waals surface area contributed by atoms with Gasteiger partial charge in [-0.1, -0.05) is 6.07 Å². The SMILES string of the molecule is CC(C)(C)n1cc(CC(=O)O)c(-c2cccs2)n1. The van der Waals surface area contributed by atoms with E-state index >= 15 is 0 Å². The van der Waals surface area contributed by atoms with Gasteiger partial charge in [-0.25, -0.2) is 0 Å². The van der Waals surface area contributed by atoms with Crippen LogP contribution in [-0.4, -0.2) is 20.9 Å². The number of thiophene rings is 1. The minimum Gasteiger partial charge on any atom is -0.481 e. The molecule has 0 spiro atoms. The molecule has 1 N–H and O–H groups in total. The summed E-state index contributed by atoms with van der Waals surface area (Å²) in [5.74, 6) is -0.832. The maximum absolute atomic E-state index is 10.9. The number of carbonyl (C=O) groups is 1. The number of aliphatic carboxylic acids is 1. The molecule has 0 aliphatic carbocycles. The lowest BCUT2D eigenvalue weighted by atomic mass is 10.1. The van der Waals surface area contributed by atoms with E-state index in [0.29, 0.717) is 0 Å². The van der Waals surface area contributed by atoms with E-state index in [0.717, 1.165) is 16.1 Å². The number of hydrogen-bond donors (Lipinski definition) is 1. The Morgan fingerprint density at radius 3 is 2.72 bits per heavy atom. The Morgan fingerprint density at radius 1 is 1.50 bits per heavy atom. The van der Waals surface area contributed by atoms with Crippen LogP contribution in [0, 0.1) is 0 Å². The third kappa shape index (κ3) is 2.61. The van der Waals surface area contributed by atoms with Crippen molar-refractivity contribution in [2.75, 3.05) is 0 Å². The zero-order valence-electron chi connectivity index (χ0n) is 10.7. The molecule has 0 atom stereocenters. The van der Waals surface area contributed by atoms with Crippen molar-refractivity contribution in [3.63, 3.8) is 0 Å². The van der Waals surface area contributed by atoms with E-state index in [2.05, 4.69) is 5.10 Å². The summed E-state index contributed by atoms with van der Waals surface area (Å²) in [5, 5.41) is 15.5. The second kappa shape index (κ2) is 4.57. The van der Waals surface area contributed by atoms with Crippen LogP contribution < -0.4 is 0 Å². The van der Waals surface area contributed by atoms with E-state index in [9.17, 15) is 4.79 Å². The first kappa shape index (κ1) is 12.8. The van der Waals surface area contributed by atoms with Crippen LogP contribution in [0.1, 0.15) is 26.3 Å². The average molecular weight is 264 g/mol. The lowest BCUT2D eigenvalue weighted by Gasteiger charge is -2.18. The molecular weight excluding hydrogens is 248 g/mol. The summed E-state index contributed by atoms with van der Waals surface area (Å²) in [6.07, 6.45) is 1.84. The molecule has 0 aliphatic heterocycles. The molecule has 2 rings (SSSR count). The van der Waals surface area contributed by atoms with Crippen molar-refractivity contribution in [2.24, 2.45) is 0 Å². The Kier molecular flexibility index (Phi) is 3.26. The van der Waals surface area contributed by atoms with E-state index in [-0.39, 0.29) is 12.0 Å². The number of hydrogen-bond acceptors (Lipinski definition) is 3. The highest BCUT2D eigenvalue weighted by atomic mass is 32.1. The summed E-state index contributed by atoms with van der Waals surface area (Å²) in [6.45, 7) is 6.13. The molecule has 0 saturated heterocycles. The van der Waals surface area contributed by atoms with Gasteiger partial charge in [0.2, 0.25) is 0 Å². The molecule has 18 heavy (non-hydrogen) atoms. The van der Waals surface area contributed by atoms with Gasteiger partial charge in [-0.2, -0.15) is 5.10 Å². The number of carboxylic acids is 1. The predicted octanol–water partition coefficient (Wildman–Crippen LogP) is 2.99. The lowest BCUT2D eigenvalue weighted by Crippen LogP contribution is -2.22. The Bertz CT molecular complexity index is 550. The first-order valence-corrected chi connectivity index (χ1v) is 6.60. The smallest absolute Gasteiger partial charge is 0.307 e.